The van der Waals surface area contributed by atoms with Crippen LogP contribution in [0.3, 0.4) is 0 Å². The lowest BCUT2D eigenvalue weighted by molar-refractivity contribution is -0.117. The molecule has 0 aliphatic heterocycles. The van der Waals surface area contributed by atoms with Gasteiger partial charge in [0.25, 0.3) is 5.91 Å². The van der Waals surface area contributed by atoms with Crippen molar-refractivity contribution in [3.05, 3.63) is 47.8 Å². The molecular weight excluding hydrogens is 290 g/mol. The van der Waals surface area contributed by atoms with Crippen molar-refractivity contribution < 1.29 is 14.7 Å². The van der Waals surface area contributed by atoms with E-state index < -0.39 is 5.91 Å². The normalized spacial score (nSPS) is 10.4. The molecule has 0 saturated heterocycles. The molecule has 2 N–H and O–H groups in total. The number of thioether (sulfide) groups is 1. The number of nitrogens with one attached hydrogen (secondary N) is 1. The van der Waals surface area contributed by atoms with E-state index in [0.29, 0.717) is 16.4 Å². The molecule has 1 aromatic heterocycles. The second-order valence-electron chi connectivity index (χ2n) is 4.28. The van der Waals surface area contributed by atoms with Crippen LogP contribution in [-0.2, 0) is 18.4 Å². The van der Waals surface area contributed by atoms with E-state index in [1.807, 2.05) is 0 Å². The number of carbonyl (C=O) groups is 2. The van der Waals surface area contributed by atoms with Gasteiger partial charge in [-0.1, -0.05) is 30.0 Å². The van der Waals surface area contributed by atoms with Crippen molar-refractivity contribution in [1.29, 1.82) is 0 Å². The maximum atomic E-state index is 11.8. The number of hydrogen-bond donors (Lipinski definition) is 2. The number of nitrogens with zero attached hydrogens (tertiary/aromatic N) is 2. The third kappa shape index (κ3) is 3.93. The molecule has 110 valence electrons. The van der Waals surface area contributed by atoms with Crippen LogP contribution in [0.5, 0.6) is 0 Å². The first kappa shape index (κ1) is 15.3. The van der Waals surface area contributed by atoms with Crippen LogP contribution in [0.25, 0.3) is 0 Å². The maximum absolute atomic E-state index is 11.8. The van der Waals surface area contributed by atoms with Gasteiger partial charge in [-0.05, 0) is 12.1 Å². The first-order chi connectivity index (χ1) is 10.1. The molecule has 0 spiro atoms. The Hall–Kier alpha value is -2.12. The predicted molar refractivity (Wildman–Crippen MR) is 78.8 cm³/mol. The molecule has 0 unspecified atom stereocenters. The third-order valence-electron chi connectivity index (χ3n) is 2.83. The van der Waals surface area contributed by atoms with Crippen molar-refractivity contribution >= 4 is 23.6 Å². The Bertz CT molecular complexity index is 640. The van der Waals surface area contributed by atoms with Crippen LogP contribution in [-0.4, -0.2) is 32.2 Å². The summed E-state index contributed by atoms with van der Waals surface area (Å²) in [5.74, 6) is -0.728. The fourth-order valence-electron chi connectivity index (χ4n) is 1.66. The second-order valence-corrected chi connectivity index (χ2v) is 5.22. The number of rotatable bonds is 5. The van der Waals surface area contributed by atoms with E-state index in [2.05, 4.69) is 10.3 Å². The Morgan fingerprint density at radius 1 is 1.33 bits per heavy atom. The summed E-state index contributed by atoms with van der Waals surface area (Å²) in [5.41, 5.74) is 1.11. The Labute approximate surface area is 126 Å². The van der Waals surface area contributed by atoms with Gasteiger partial charge in [0, 0.05) is 12.6 Å². The van der Waals surface area contributed by atoms with Crippen LogP contribution in [0.15, 0.2) is 41.7 Å². The minimum atomic E-state index is -0.419. The second kappa shape index (κ2) is 7.05. The highest BCUT2D eigenvalue weighted by Gasteiger charge is 2.12. The highest BCUT2D eigenvalue weighted by molar-refractivity contribution is 7.99. The number of aliphatic hydroxyl groups excluding tert-OH is 1. The van der Waals surface area contributed by atoms with Crippen molar-refractivity contribution in [2.45, 2.75) is 11.8 Å². The molecule has 7 heteroatoms. The van der Waals surface area contributed by atoms with E-state index in [4.69, 9.17) is 5.11 Å². The lowest BCUT2D eigenvalue weighted by Crippen LogP contribution is -2.31. The monoisotopic (exact) mass is 305 g/mol. The van der Waals surface area contributed by atoms with Crippen molar-refractivity contribution in [2.24, 2.45) is 7.05 Å². The summed E-state index contributed by atoms with van der Waals surface area (Å²) >= 11 is 1.21. The molecule has 0 radical (unpaired) electrons. The minimum Gasteiger partial charge on any atom is -0.390 e. The lowest BCUT2D eigenvalue weighted by atomic mass is 10.2. The Balaban J connectivity index is 1.87. The SMILES string of the molecule is Cn1c(CO)cnc1SCC(=O)NC(=O)c1ccccc1. The summed E-state index contributed by atoms with van der Waals surface area (Å²) in [6, 6.07) is 8.55. The van der Waals surface area contributed by atoms with Crippen molar-refractivity contribution in [3.63, 3.8) is 0 Å². The van der Waals surface area contributed by atoms with E-state index in [9.17, 15) is 9.59 Å². The molecule has 2 aromatic rings. The molecule has 2 rings (SSSR count). The molecule has 0 fully saturated rings. The quantitative estimate of drug-likeness (QED) is 0.804. The molecule has 0 aliphatic carbocycles. The van der Waals surface area contributed by atoms with Gasteiger partial charge in [-0.25, -0.2) is 4.98 Å². The van der Waals surface area contributed by atoms with Gasteiger partial charge in [-0.15, -0.1) is 0 Å². The predicted octanol–water partition coefficient (Wildman–Crippen LogP) is 0.961. The van der Waals surface area contributed by atoms with Crippen LogP contribution in [0.4, 0.5) is 0 Å². The number of carbonyl (C=O) groups excluding carboxylic acids is 2. The molecule has 6 nitrogen and oxygen atoms in total. The molecule has 2 amide bonds. The molecule has 1 heterocycles. The van der Waals surface area contributed by atoms with Crippen LogP contribution in [0, 0.1) is 0 Å². The zero-order valence-corrected chi connectivity index (χ0v) is 12.3. The number of benzene rings is 1. The number of aromatic nitrogens is 2. The van der Waals surface area contributed by atoms with Gasteiger partial charge in [0.05, 0.1) is 24.3 Å². The maximum Gasteiger partial charge on any atom is 0.257 e. The highest BCUT2D eigenvalue weighted by atomic mass is 32.2. The molecule has 1 aromatic carbocycles. The molecule has 0 atom stereocenters. The fourth-order valence-corrected chi connectivity index (χ4v) is 2.43. The van der Waals surface area contributed by atoms with Crippen LogP contribution < -0.4 is 5.32 Å². The fraction of sp³-hybridized carbons (Fsp3) is 0.214. The molecule has 0 aliphatic rings. The number of amides is 2. The summed E-state index contributed by atoms with van der Waals surface area (Å²) in [5, 5.41) is 12.0. The number of imide groups is 1. The molecule has 0 bridgehead atoms. The topological polar surface area (TPSA) is 84.2 Å². The van der Waals surface area contributed by atoms with Gasteiger partial charge < -0.3 is 9.67 Å². The largest absolute Gasteiger partial charge is 0.390 e. The van der Waals surface area contributed by atoms with Gasteiger partial charge in [0.2, 0.25) is 5.91 Å². The van der Waals surface area contributed by atoms with E-state index in [0.717, 1.165) is 0 Å². The minimum absolute atomic E-state index is 0.0777. The Morgan fingerprint density at radius 3 is 2.67 bits per heavy atom. The first-order valence-corrected chi connectivity index (χ1v) is 7.24. The van der Waals surface area contributed by atoms with Crippen molar-refractivity contribution in [3.8, 4) is 0 Å². The zero-order chi connectivity index (χ0) is 15.2. The zero-order valence-electron chi connectivity index (χ0n) is 11.4. The first-order valence-electron chi connectivity index (χ1n) is 6.25. The van der Waals surface area contributed by atoms with Crippen molar-refractivity contribution in [2.75, 3.05) is 5.75 Å². The van der Waals surface area contributed by atoms with Gasteiger partial charge in [0.15, 0.2) is 5.16 Å². The average Bonchev–Trinajstić information content (AvgIpc) is 2.86. The molecule has 21 heavy (non-hydrogen) atoms. The summed E-state index contributed by atoms with van der Waals surface area (Å²) in [4.78, 5) is 27.6. The van der Waals surface area contributed by atoms with Crippen LogP contribution in [0.1, 0.15) is 16.1 Å². The standard InChI is InChI=1S/C14H15N3O3S/c1-17-11(8-18)7-15-14(17)21-9-12(19)16-13(20)10-5-3-2-4-6-10/h2-7,18H,8-9H2,1H3,(H,16,19,20). The van der Waals surface area contributed by atoms with E-state index in [-0.39, 0.29) is 18.3 Å². The van der Waals surface area contributed by atoms with Crippen LogP contribution >= 0.6 is 11.8 Å². The van der Waals surface area contributed by atoms with E-state index in [1.165, 1.54) is 11.8 Å². The smallest absolute Gasteiger partial charge is 0.257 e. The average molecular weight is 305 g/mol. The Morgan fingerprint density at radius 2 is 2.05 bits per heavy atom. The lowest BCUT2D eigenvalue weighted by Gasteiger charge is -2.05. The Kier molecular flexibility index (Phi) is 5.13. The summed E-state index contributed by atoms with van der Waals surface area (Å²) in [6.45, 7) is -0.108. The third-order valence-corrected chi connectivity index (χ3v) is 3.87. The number of imidazole rings is 1. The summed E-state index contributed by atoms with van der Waals surface area (Å²) < 4.78 is 1.71. The van der Waals surface area contributed by atoms with Gasteiger partial charge in [-0.2, -0.15) is 0 Å². The highest BCUT2D eigenvalue weighted by Crippen LogP contribution is 2.16. The summed E-state index contributed by atoms with van der Waals surface area (Å²) in [7, 11) is 1.76. The molecule has 0 saturated carbocycles. The molecular formula is C14H15N3O3S. The van der Waals surface area contributed by atoms with Gasteiger partial charge in [0.1, 0.15) is 0 Å². The van der Waals surface area contributed by atoms with Crippen LogP contribution in [0.2, 0.25) is 0 Å². The van der Waals surface area contributed by atoms with Gasteiger partial charge >= 0.3 is 0 Å². The van der Waals surface area contributed by atoms with E-state index >= 15 is 0 Å². The van der Waals surface area contributed by atoms with Crippen molar-refractivity contribution in [1.82, 2.24) is 14.9 Å². The van der Waals surface area contributed by atoms with Gasteiger partial charge in [-0.3, -0.25) is 14.9 Å². The number of hydrogen-bond acceptors (Lipinski definition) is 5. The number of aliphatic hydroxyl groups is 1. The van der Waals surface area contributed by atoms with E-state index in [1.54, 1.807) is 48.1 Å². The summed E-state index contributed by atoms with van der Waals surface area (Å²) in [6.07, 6.45) is 1.55.